The highest BCUT2D eigenvalue weighted by Crippen LogP contribution is 2.18. The molecule has 7 nitrogen and oxygen atoms in total. The molecular weight excluding hydrogens is 360 g/mol. The Morgan fingerprint density at radius 3 is 2.60 bits per heavy atom. The Bertz CT molecular complexity index is 678. The summed E-state index contributed by atoms with van der Waals surface area (Å²) in [6, 6.07) is 4.01. The smallest absolute Gasteiger partial charge is 0.282 e. The van der Waals surface area contributed by atoms with Gasteiger partial charge in [0.15, 0.2) is 0 Å². The topological polar surface area (TPSA) is 65.5 Å². The first-order valence-corrected chi connectivity index (χ1v) is 11.0. The van der Waals surface area contributed by atoms with Crippen molar-refractivity contribution in [2.75, 3.05) is 52.4 Å². The summed E-state index contributed by atoms with van der Waals surface area (Å²) >= 11 is 1.63. The monoisotopic (exact) mass is 386 g/mol. The molecule has 140 valence electrons. The average molecular weight is 387 g/mol. The summed E-state index contributed by atoms with van der Waals surface area (Å²) in [4.78, 5) is 7.83. The van der Waals surface area contributed by atoms with Crippen molar-refractivity contribution in [3.05, 3.63) is 22.4 Å². The number of aliphatic imine (C=N–C) groups is 1. The van der Waals surface area contributed by atoms with Crippen molar-refractivity contribution in [2.45, 2.75) is 20.0 Å². The molecule has 3 heterocycles. The van der Waals surface area contributed by atoms with E-state index in [2.05, 4.69) is 9.89 Å². The van der Waals surface area contributed by atoms with Crippen LogP contribution in [-0.4, -0.2) is 86.3 Å². The van der Waals surface area contributed by atoms with E-state index in [-0.39, 0.29) is 6.10 Å². The lowest BCUT2D eigenvalue weighted by Gasteiger charge is -2.36. The quantitative estimate of drug-likeness (QED) is 0.704. The Morgan fingerprint density at radius 1 is 1.28 bits per heavy atom. The summed E-state index contributed by atoms with van der Waals surface area (Å²) in [5.41, 5.74) is 0. The van der Waals surface area contributed by atoms with Crippen LogP contribution in [0.25, 0.3) is 0 Å². The van der Waals surface area contributed by atoms with Gasteiger partial charge in [-0.1, -0.05) is 19.9 Å². The highest BCUT2D eigenvalue weighted by molar-refractivity contribution is 7.86. The van der Waals surface area contributed by atoms with E-state index >= 15 is 0 Å². The Hall–Kier alpha value is -1.00. The standard InChI is InChI=1S/C16H26N4O3S2/c1-3-19(4-2)25(21,22)20-9-7-18(8-10-20)13-14-12-17-16(23-14)15-6-5-11-24-15/h5-6,11,14H,3-4,7-10,12-13H2,1-2H3/t14-/m0/s1. The van der Waals surface area contributed by atoms with Crippen LogP contribution in [0.15, 0.2) is 22.5 Å². The molecule has 2 aliphatic rings. The number of ether oxygens (including phenoxy) is 1. The van der Waals surface area contributed by atoms with E-state index in [0.717, 1.165) is 30.4 Å². The van der Waals surface area contributed by atoms with Gasteiger partial charge in [0.1, 0.15) is 6.10 Å². The van der Waals surface area contributed by atoms with Crippen molar-refractivity contribution in [1.29, 1.82) is 0 Å². The van der Waals surface area contributed by atoms with E-state index < -0.39 is 10.2 Å². The summed E-state index contributed by atoms with van der Waals surface area (Å²) in [6.45, 7) is 8.76. The Labute approximate surface area is 154 Å². The van der Waals surface area contributed by atoms with Gasteiger partial charge in [-0.25, -0.2) is 4.99 Å². The molecule has 0 saturated carbocycles. The lowest BCUT2D eigenvalue weighted by Crippen LogP contribution is -2.54. The fourth-order valence-electron chi connectivity index (χ4n) is 3.19. The van der Waals surface area contributed by atoms with Crippen LogP contribution in [0.5, 0.6) is 0 Å². The molecule has 0 amide bonds. The minimum atomic E-state index is -3.33. The first-order chi connectivity index (χ1) is 12.0. The summed E-state index contributed by atoms with van der Waals surface area (Å²) in [5.74, 6) is 0.739. The van der Waals surface area contributed by atoms with Gasteiger partial charge in [0.25, 0.3) is 10.2 Å². The van der Waals surface area contributed by atoms with Gasteiger partial charge in [0, 0.05) is 45.8 Å². The van der Waals surface area contributed by atoms with Gasteiger partial charge in [-0.3, -0.25) is 4.90 Å². The van der Waals surface area contributed by atoms with Crippen LogP contribution >= 0.6 is 11.3 Å². The number of nitrogens with zero attached hydrogens (tertiary/aromatic N) is 4. The van der Waals surface area contributed by atoms with E-state index in [1.165, 1.54) is 4.31 Å². The number of hydrogen-bond acceptors (Lipinski definition) is 6. The SMILES string of the molecule is CCN(CC)S(=O)(=O)N1CCN(C[C@@H]2CN=C(c3cccs3)O2)CC1. The highest BCUT2D eigenvalue weighted by atomic mass is 32.2. The summed E-state index contributed by atoms with van der Waals surface area (Å²) in [5, 5.41) is 2.02. The molecule has 1 saturated heterocycles. The molecule has 3 rings (SSSR count). The minimum Gasteiger partial charge on any atom is -0.470 e. The van der Waals surface area contributed by atoms with Gasteiger partial charge in [-0.05, 0) is 11.4 Å². The molecule has 1 aromatic heterocycles. The molecule has 0 unspecified atom stereocenters. The fourth-order valence-corrected chi connectivity index (χ4v) is 5.47. The zero-order valence-corrected chi connectivity index (χ0v) is 16.4. The third-order valence-corrected chi connectivity index (χ3v) is 7.64. The maximum absolute atomic E-state index is 12.6. The van der Waals surface area contributed by atoms with Crippen molar-refractivity contribution in [3.8, 4) is 0 Å². The molecule has 9 heteroatoms. The largest absolute Gasteiger partial charge is 0.470 e. The molecule has 0 aliphatic carbocycles. The fraction of sp³-hybridized carbons (Fsp3) is 0.688. The first-order valence-electron chi connectivity index (χ1n) is 8.77. The Morgan fingerprint density at radius 2 is 2.00 bits per heavy atom. The predicted molar refractivity (Wildman–Crippen MR) is 100 cm³/mol. The molecule has 25 heavy (non-hydrogen) atoms. The lowest BCUT2D eigenvalue weighted by atomic mass is 10.3. The molecular formula is C16H26N4O3S2. The molecule has 0 spiro atoms. The Balaban J connectivity index is 1.48. The number of hydrogen-bond donors (Lipinski definition) is 0. The van der Waals surface area contributed by atoms with Crippen molar-refractivity contribution >= 4 is 27.4 Å². The van der Waals surface area contributed by atoms with Gasteiger partial charge < -0.3 is 4.74 Å². The summed E-state index contributed by atoms with van der Waals surface area (Å²) in [6.07, 6.45) is 0.0584. The van der Waals surface area contributed by atoms with Crippen molar-refractivity contribution in [3.63, 3.8) is 0 Å². The molecule has 0 aromatic carbocycles. The lowest BCUT2D eigenvalue weighted by molar-refractivity contribution is 0.115. The van der Waals surface area contributed by atoms with Crippen LogP contribution in [0.2, 0.25) is 0 Å². The number of rotatable bonds is 7. The molecule has 1 aromatic rings. The maximum Gasteiger partial charge on any atom is 0.282 e. The third kappa shape index (κ3) is 4.22. The van der Waals surface area contributed by atoms with Crippen LogP contribution in [0, 0.1) is 0 Å². The molecule has 1 atom stereocenters. The second-order valence-electron chi connectivity index (χ2n) is 6.15. The minimum absolute atomic E-state index is 0.0584. The van der Waals surface area contributed by atoms with Crippen molar-refractivity contribution < 1.29 is 13.2 Å². The second kappa shape index (κ2) is 8.13. The van der Waals surface area contributed by atoms with E-state index in [1.54, 1.807) is 15.6 Å². The molecule has 0 bridgehead atoms. The van der Waals surface area contributed by atoms with Crippen molar-refractivity contribution in [1.82, 2.24) is 13.5 Å². The summed E-state index contributed by atoms with van der Waals surface area (Å²) < 4.78 is 34.2. The van der Waals surface area contributed by atoms with Gasteiger partial charge in [0.2, 0.25) is 5.90 Å². The molecule has 2 aliphatic heterocycles. The van der Waals surface area contributed by atoms with E-state index in [0.29, 0.717) is 32.7 Å². The first kappa shape index (κ1) is 18.8. The number of thiophene rings is 1. The van der Waals surface area contributed by atoms with Gasteiger partial charge >= 0.3 is 0 Å². The summed E-state index contributed by atoms with van der Waals surface area (Å²) in [7, 11) is -3.33. The van der Waals surface area contributed by atoms with Crippen LogP contribution in [0.4, 0.5) is 0 Å². The second-order valence-corrected chi connectivity index (χ2v) is 9.03. The zero-order valence-electron chi connectivity index (χ0n) is 14.8. The van der Waals surface area contributed by atoms with Crippen LogP contribution in [0.1, 0.15) is 18.7 Å². The van der Waals surface area contributed by atoms with Crippen LogP contribution < -0.4 is 0 Å². The highest BCUT2D eigenvalue weighted by Gasteiger charge is 2.32. The normalized spacial score (nSPS) is 23.0. The van der Waals surface area contributed by atoms with Gasteiger partial charge in [-0.15, -0.1) is 11.3 Å². The van der Waals surface area contributed by atoms with Crippen LogP contribution in [-0.2, 0) is 14.9 Å². The maximum atomic E-state index is 12.6. The van der Waals surface area contributed by atoms with Gasteiger partial charge in [-0.2, -0.15) is 17.0 Å². The van der Waals surface area contributed by atoms with Crippen LogP contribution in [0.3, 0.4) is 0 Å². The Kier molecular flexibility index (Phi) is 6.11. The molecule has 0 radical (unpaired) electrons. The predicted octanol–water partition coefficient (Wildman–Crippen LogP) is 1.10. The molecule has 1 fully saturated rings. The van der Waals surface area contributed by atoms with E-state index in [9.17, 15) is 8.42 Å². The average Bonchev–Trinajstić information content (AvgIpc) is 3.27. The van der Waals surface area contributed by atoms with E-state index in [1.807, 2.05) is 31.4 Å². The van der Waals surface area contributed by atoms with Gasteiger partial charge in [0.05, 0.1) is 11.4 Å². The molecule has 0 N–H and O–H groups in total. The third-order valence-electron chi connectivity index (χ3n) is 4.60. The number of piperazine rings is 1. The zero-order chi connectivity index (χ0) is 17.9. The van der Waals surface area contributed by atoms with Crippen molar-refractivity contribution in [2.24, 2.45) is 4.99 Å². The van der Waals surface area contributed by atoms with E-state index in [4.69, 9.17) is 4.74 Å².